The summed E-state index contributed by atoms with van der Waals surface area (Å²) in [7, 11) is -3.71. The fourth-order valence-corrected chi connectivity index (χ4v) is 4.93. The molecule has 0 atom stereocenters. The highest BCUT2D eigenvalue weighted by Crippen LogP contribution is 2.25. The second kappa shape index (κ2) is 6.99. The summed E-state index contributed by atoms with van der Waals surface area (Å²) >= 11 is 0. The van der Waals surface area contributed by atoms with Crippen molar-refractivity contribution >= 4 is 26.8 Å². The summed E-state index contributed by atoms with van der Waals surface area (Å²) in [6.45, 7) is 4.65. The van der Waals surface area contributed by atoms with Crippen LogP contribution in [0.4, 0.5) is 0 Å². The fourth-order valence-electron chi connectivity index (χ4n) is 3.34. The van der Waals surface area contributed by atoms with Crippen LogP contribution >= 0.6 is 0 Å². The van der Waals surface area contributed by atoms with E-state index in [1.165, 1.54) is 4.31 Å². The summed E-state index contributed by atoms with van der Waals surface area (Å²) in [5, 5.41) is 4.51. The summed E-state index contributed by atoms with van der Waals surface area (Å²) in [5.41, 5.74) is 2.06. The first kappa shape index (κ1) is 18.6. The van der Waals surface area contributed by atoms with Crippen LogP contribution in [0.5, 0.6) is 0 Å². The Labute approximate surface area is 162 Å². The maximum atomic E-state index is 13.2. The van der Waals surface area contributed by atoms with Crippen molar-refractivity contribution in [2.45, 2.75) is 18.7 Å². The van der Waals surface area contributed by atoms with Crippen molar-refractivity contribution < 1.29 is 17.7 Å². The first-order valence-corrected chi connectivity index (χ1v) is 10.4. The molecule has 1 amide bonds. The van der Waals surface area contributed by atoms with E-state index in [0.717, 1.165) is 10.9 Å². The predicted molar refractivity (Wildman–Crippen MR) is 102 cm³/mol. The van der Waals surface area contributed by atoms with E-state index in [4.69, 9.17) is 4.52 Å². The minimum absolute atomic E-state index is 0.169. The molecule has 9 heteroatoms. The first-order valence-electron chi connectivity index (χ1n) is 8.94. The molecular formula is C19H20N4O4S. The normalized spacial score (nSPS) is 15.9. The highest BCUT2D eigenvalue weighted by Gasteiger charge is 2.32. The number of aryl methyl sites for hydroxylation is 2. The van der Waals surface area contributed by atoms with Crippen LogP contribution in [0.1, 0.15) is 21.8 Å². The van der Waals surface area contributed by atoms with Gasteiger partial charge in [0.25, 0.3) is 5.91 Å². The van der Waals surface area contributed by atoms with Gasteiger partial charge in [-0.15, -0.1) is 0 Å². The lowest BCUT2D eigenvalue weighted by molar-refractivity contribution is 0.0656. The van der Waals surface area contributed by atoms with Crippen molar-refractivity contribution in [3.8, 4) is 0 Å². The average molecular weight is 400 g/mol. The molecule has 28 heavy (non-hydrogen) atoms. The van der Waals surface area contributed by atoms with Crippen molar-refractivity contribution in [3.05, 3.63) is 53.5 Å². The number of piperazine rings is 1. The number of hydrogen-bond donors (Lipinski definition) is 0. The number of carbonyl (C=O) groups excluding carboxylic acids is 1. The Morgan fingerprint density at radius 2 is 1.86 bits per heavy atom. The number of carbonyl (C=O) groups is 1. The Bertz CT molecular complexity index is 1150. The van der Waals surface area contributed by atoms with Gasteiger partial charge in [0.2, 0.25) is 15.8 Å². The molecule has 1 fully saturated rings. The number of amides is 1. The molecule has 4 rings (SSSR count). The molecule has 1 aliphatic heterocycles. The second-order valence-corrected chi connectivity index (χ2v) is 8.78. The molecule has 0 spiro atoms. The number of aromatic nitrogens is 2. The smallest absolute Gasteiger partial charge is 0.292 e. The predicted octanol–water partition coefficient (Wildman–Crippen LogP) is 1.99. The maximum Gasteiger partial charge on any atom is 0.292 e. The highest BCUT2D eigenvalue weighted by atomic mass is 32.2. The lowest BCUT2D eigenvalue weighted by Gasteiger charge is -2.33. The Balaban J connectivity index is 1.55. The molecule has 0 unspecified atom stereocenters. The Kier molecular flexibility index (Phi) is 4.64. The summed E-state index contributed by atoms with van der Waals surface area (Å²) in [6, 6.07) is 8.65. The van der Waals surface area contributed by atoms with Crippen LogP contribution in [-0.4, -0.2) is 59.8 Å². The number of sulfonamides is 1. The standard InChI is InChI=1S/C19H20N4O4S/c1-13-10-15-4-3-5-17(18(15)20-12-13)28(25,26)23-8-6-22(7-9-23)19(24)16-11-14(2)21-27-16/h3-5,10-12H,6-9H2,1-2H3. The number of rotatable bonds is 3. The molecule has 1 aliphatic rings. The van der Waals surface area contributed by atoms with Gasteiger partial charge in [0.15, 0.2) is 0 Å². The van der Waals surface area contributed by atoms with Gasteiger partial charge in [-0.2, -0.15) is 4.31 Å². The number of pyridine rings is 1. The van der Waals surface area contributed by atoms with Gasteiger partial charge >= 0.3 is 0 Å². The average Bonchev–Trinajstić information content (AvgIpc) is 3.13. The van der Waals surface area contributed by atoms with Crippen molar-refractivity contribution in [3.63, 3.8) is 0 Å². The lowest BCUT2D eigenvalue weighted by Crippen LogP contribution is -2.50. The summed E-state index contributed by atoms with van der Waals surface area (Å²) < 4.78 is 32.8. The van der Waals surface area contributed by atoms with E-state index in [1.807, 2.05) is 19.1 Å². The third kappa shape index (κ3) is 3.27. The van der Waals surface area contributed by atoms with E-state index in [0.29, 0.717) is 11.2 Å². The molecule has 1 saturated heterocycles. The Morgan fingerprint density at radius 1 is 1.11 bits per heavy atom. The summed E-state index contributed by atoms with van der Waals surface area (Å²) in [5.74, 6) is -0.109. The molecule has 3 heterocycles. The highest BCUT2D eigenvalue weighted by molar-refractivity contribution is 7.89. The number of fused-ring (bicyclic) bond motifs is 1. The lowest BCUT2D eigenvalue weighted by atomic mass is 10.2. The van der Waals surface area contributed by atoms with Gasteiger partial charge in [-0.1, -0.05) is 17.3 Å². The molecule has 8 nitrogen and oxygen atoms in total. The van der Waals surface area contributed by atoms with Crippen LogP contribution in [0.25, 0.3) is 10.9 Å². The molecule has 3 aromatic rings. The zero-order valence-corrected chi connectivity index (χ0v) is 16.4. The van der Waals surface area contributed by atoms with E-state index in [-0.39, 0.29) is 42.7 Å². The van der Waals surface area contributed by atoms with Crippen molar-refractivity contribution in [2.24, 2.45) is 0 Å². The van der Waals surface area contributed by atoms with E-state index < -0.39 is 10.0 Å². The van der Waals surface area contributed by atoms with Gasteiger partial charge in [0, 0.05) is 43.8 Å². The largest absolute Gasteiger partial charge is 0.351 e. The van der Waals surface area contributed by atoms with Gasteiger partial charge < -0.3 is 9.42 Å². The van der Waals surface area contributed by atoms with Crippen molar-refractivity contribution in [2.75, 3.05) is 26.2 Å². The minimum atomic E-state index is -3.71. The fraction of sp³-hybridized carbons (Fsp3) is 0.316. The monoisotopic (exact) mass is 400 g/mol. The van der Waals surface area contributed by atoms with Crippen LogP contribution < -0.4 is 0 Å². The van der Waals surface area contributed by atoms with Gasteiger partial charge in [-0.25, -0.2) is 8.42 Å². The van der Waals surface area contributed by atoms with Crippen LogP contribution in [0.3, 0.4) is 0 Å². The third-order valence-electron chi connectivity index (χ3n) is 4.79. The topological polar surface area (TPSA) is 96.6 Å². The van der Waals surface area contributed by atoms with Crippen LogP contribution in [0, 0.1) is 13.8 Å². The Morgan fingerprint density at radius 3 is 2.54 bits per heavy atom. The van der Waals surface area contributed by atoms with Crippen molar-refractivity contribution in [1.82, 2.24) is 19.3 Å². The third-order valence-corrected chi connectivity index (χ3v) is 6.72. The summed E-state index contributed by atoms with van der Waals surface area (Å²) in [6.07, 6.45) is 1.66. The molecule has 0 N–H and O–H groups in total. The second-order valence-electron chi connectivity index (χ2n) is 6.87. The zero-order valence-electron chi connectivity index (χ0n) is 15.6. The van der Waals surface area contributed by atoms with Crippen LogP contribution in [-0.2, 0) is 10.0 Å². The maximum absolute atomic E-state index is 13.2. The molecule has 1 aromatic carbocycles. The number of nitrogens with zero attached hydrogens (tertiary/aromatic N) is 4. The van der Waals surface area contributed by atoms with Gasteiger partial charge in [0.05, 0.1) is 11.2 Å². The number of para-hydroxylation sites is 1. The number of hydrogen-bond acceptors (Lipinski definition) is 6. The van der Waals surface area contributed by atoms with Gasteiger partial charge in [0.1, 0.15) is 4.90 Å². The minimum Gasteiger partial charge on any atom is -0.351 e. The van der Waals surface area contributed by atoms with E-state index in [1.54, 1.807) is 36.2 Å². The van der Waals surface area contributed by atoms with Gasteiger partial charge in [-0.3, -0.25) is 9.78 Å². The molecule has 0 saturated carbocycles. The Hall–Kier alpha value is -2.78. The van der Waals surface area contributed by atoms with E-state index >= 15 is 0 Å². The molecule has 2 aromatic heterocycles. The quantitative estimate of drug-likeness (QED) is 0.667. The van der Waals surface area contributed by atoms with Crippen LogP contribution in [0.15, 0.2) is 45.9 Å². The number of benzene rings is 1. The molecular weight excluding hydrogens is 380 g/mol. The van der Waals surface area contributed by atoms with Gasteiger partial charge in [-0.05, 0) is 31.5 Å². The van der Waals surface area contributed by atoms with E-state index in [2.05, 4.69) is 10.1 Å². The zero-order chi connectivity index (χ0) is 19.9. The molecule has 0 bridgehead atoms. The summed E-state index contributed by atoms with van der Waals surface area (Å²) in [4.78, 5) is 18.6. The van der Waals surface area contributed by atoms with Crippen molar-refractivity contribution in [1.29, 1.82) is 0 Å². The van der Waals surface area contributed by atoms with Crippen LogP contribution in [0.2, 0.25) is 0 Å². The first-order chi connectivity index (χ1) is 13.4. The SMILES string of the molecule is Cc1cnc2c(S(=O)(=O)N3CCN(C(=O)c4cc(C)no4)CC3)cccc2c1. The van der Waals surface area contributed by atoms with E-state index in [9.17, 15) is 13.2 Å². The molecule has 0 radical (unpaired) electrons. The molecule has 146 valence electrons. The molecule has 0 aliphatic carbocycles.